The molecule has 2 aromatic rings. The number of carbonyl (C=O) groups is 2. The predicted molar refractivity (Wildman–Crippen MR) is 86.4 cm³/mol. The number of nitrogens with zero attached hydrogens (tertiary/aromatic N) is 2. The zero-order valence-electron chi connectivity index (χ0n) is 13.0. The van der Waals surface area contributed by atoms with Gasteiger partial charge in [0.05, 0.1) is 24.7 Å². The van der Waals surface area contributed by atoms with Crippen molar-refractivity contribution in [1.29, 1.82) is 0 Å². The Bertz CT molecular complexity index is 739. The highest BCUT2D eigenvalue weighted by molar-refractivity contribution is 6.07. The van der Waals surface area contributed by atoms with Gasteiger partial charge in [-0.05, 0) is 31.0 Å². The van der Waals surface area contributed by atoms with Gasteiger partial charge < -0.3 is 15.0 Å². The lowest BCUT2D eigenvalue weighted by molar-refractivity contribution is -0.129. The maximum Gasteiger partial charge on any atom is 0.252 e. The van der Waals surface area contributed by atoms with E-state index in [0.29, 0.717) is 16.8 Å². The smallest absolute Gasteiger partial charge is 0.252 e. The molecule has 120 valence electrons. The third kappa shape index (κ3) is 3.26. The van der Waals surface area contributed by atoms with Crippen LogP contribution in [-0.4, -0.2) is 48.4 Å². The first-order valence-corrected chi connectivity index (χ1v) is 7.68. The van der Waals surface area contributed by atoms with E-state index in [-0.39, 0.29) is 18.4 Å². The summed E-state index contributed by atoms with van der Waals surface area (Å²) in [5.74, 6) is 0.387. The van der Waals surface area contributed by atoms with Gasteiger partial charge in [0.25, 0.3) is 5.91 Å². The van der Waals surface area contributed by atoms with Crippen LogP contribution in [0.15, 0.2) is 30.5 Å². The van der Waals surface area contributed by atoms with Gasteiger partial charge in [-0.2, -0.15) is 0 Å². The SMILES string of the molecule is COc1ccc2c(C(=O)NCC(=O)N3CCCC3)ccnc2c1. The van der Waals surface area contributed by atoms with Crippen LogP contribution in [-0.2, 0) is 4.79 Å². The van der Waals surface area contributed by atoms with E-state index >= 15 is 0 Å². The van der Waals surface area contributed by atoms with E-state index in [1.165, 1.54) is 0 Å². The quantitative estimate of drug-likeness (QED) is 0.930. The Morgan fingerprint density at radius 2 is 2.04 bits per heavy atom. The summed E-state index contributed by atoms with van der Waals surface area (Å²) in [6.07, 6.45) is 3.66. The van der Waals surface area contributed by atoms with Crippen molar-refractivity contribution in [3.63, 3.8) is 0 Å². The maximum atomic E-state index is 12.4. The summed E-state index contributed by atoms with van der Waals surface area (Å²) in [6, 6.07) is 7.03. The van der Waals surface area contributed by atoms with Crippen LogP contribution < -0.4 is 10.1 Å². The van der Waals surface area contributed by atoms with Crippen LogP contribution in [0.3, 0.4) is 0 Å². The standard InChI is InChI=1S/C17H19N3O3/c1-23-12-4-5-13-14(6-7-18-15(13)10-12)17(22)19-11-16(21)20-8-2-3-9-20/h4-7,10H,2-3,8-9,11H2,1H3,(H,19,22). The van der Waals surface area contributed by atoms with Crippen molar-refractivity contribution in [3.05, 3.63) is 36.0 Å². The lowest BCUT2D eigenvalue weighted by Gasteiger charge is -2.15. The molecule has 1 aromatic carbocycles. The number of benzene rings is 1. The molecule has 0 radical (unpaired) electrons. The second-order valence-corrected chi connectivity index (χ2v) is 5.51. The van der Waals surface area contributed by atoms with Crippen molar-refractivity contribution < 1.29 is 14.3 Å². The minimum atomic E-state index is -0.268. The number of pyridine rings is 1. The van der Waals surface area contributed by atoms with E-state index in [9.17, 15) is 9.59 Å². The number of hydrogen-bond donors (Lipinski definition) is 1. The number of hydrogen-bond acceptors (Lipinski definition) is 4. The maximum absolute atomic E-state index is 12.4. The van der Waals surface area contributed by atoms with Crippen LogP contribution >= 0.6 is 0 Å². The fourth-order valence-corrected chi connectivity index (χ4v) is 2.78. The number of fused-ring (bicyclic) bond motifs is 1. The molecule has 23 heavy (non-hydrogen) atoms. The summed E-state index contributed by atoms with van der Waals surface area (Å²) >= 11 is 0. The minimum Gasteiger partial charge on any atom is -0.497 e. The van der Waals surface area contributed by atoms with Crippen LogP contribution in [0.2, 0.25) is 0 Å². The lowest BCUT2D eigenvalue weighted by Crippen LogP contribution is -2.38. The van der Waals surface area contributed by atoms with Crippen LogP contribution in [0.25, 0.3) is 10.9 Å². The van der Waals surface area contributed by atoms with Gasteiger partial charge in [0, 0.05) is 30.7 Å². The van der Waals surface area contributed by atoms with Crippen LogP contribution in [0.5, 0.6) is 5.75 Å². The zero-order chi connectivity index (χ0) is 16.2. The number of nitrogens with one attached hydrogen (secondary N) is 1. The van der Waals surface area contributed by atoms with Gasteiger partial charge in [-0.3, -0.25) is 14.6 Å². The Morgan fingerprint density at radius 1 is 1.26 bits per heavy atom. The second-order valence-electron chi connectivity index (χ2n) is 5.51. The average molecular weight is 313 g/mol. The lowest BCUT2D eigenvalue weighted by atomic mass is 10.1. The molecular weight excluding hydrogens is 294 g/mol. The topological polar surface area (TPSA) is 71.5 Å². The Labute approximate surface area is 134 Å². The first kappa shape index (κ1) is 15.3. The van der Waals surface area contributed by atoms with E-state index < -0.39 is 0 Å². The molecule has 0 unspecified atom stereocenters. The van der Waals surface area contributed by atoms with E-state index in [1.54, 1.807) is 42.5 Å². The molecule has 3 rings (SSSR count). The molecule has 0 saturated carbocycles. The van der Waals surface area contributed by atoms with E-state index in [4.69, 9.17) is 4.74 Å². The Morgan fingerprint density at radius 3 is 2.78 bits per heavy atom. The fourth-order valence-electron chi connectivity index (χ4n) is 2.78. The van der Waals surface area contributed by atoms with Gasteiger partial charge in [-0.25, -0.2) is 0 Å². The van der Waals surface area contributed by atoms with Gasteiger partial charge in [-0.15, -0.1) is 0 Å². The third-order valence-corrected chi connectivity index (χ3v) is 4.05. The summed E-state index contributed by atoms with van der Waals surface area (Å²) in [4.78, 5) is 30.4. The number of aromatic nitrogens is 1. The summed E-state index contributed by atoms with van der Waals surface area (Å²) < 4.78 is 5.17. The van der Waals surface area contributed by atoms with Gasteiger partial charge in [0.1, 0.15) is 5.75 Å². The van der Waals surface area contributed by atoms with Gasteiger partial charge >= 0.3 is 0 Å². The molecule has 2 amide bonds. The molecule has 1 fully saturated rings. The van der Waals surface area contributed by atoms with Gasteiger partial charge in [0.15, 0.2) is 0 Å². The van der Waals surface area contributed by atoms with Crippen molar-refractivity contribution in [2.45, 2.75) is 12.8 Å². The Kier molecular flexibility index (Phi) is 4.41. The first-order chi connectivity index (χ1) is 11.2. The van der Waals surface area contributed by atoms with E-state index in [1.807, 2.05) is 0 Å². The van der Waals surface area contributed by atoms with Crippen molar-refractivity contribution in [2.24, 2.45) is 0 Å². The predicted octanol–water partition coefficient (Wildman–Crippen LogP) is 1.60. The summed E-state index contributed by atoms with van der Waals surface area (Å²) in [5.41, 5.74) is 1.19. The molecule has 2 heterocycles. The van der Waals surface area contributed by atoms with Crippen LogP contribution in [0.1, 0.15) is 23.2 Å². The molecule has 0 bridgehead atoms. The fraction of sp³-hybridized carbons (Fsp3) is 0.353. The minimum absolute atomic E-state index is 0.0266. The number of methoxy groups -OCH3 is 1. The Hall–Kier alpha value is -2.63. The van der Waals surface area contributed by atoms with E-state index in [2.05, 4.69) is 10.3 Å². The van der Waals surface area contributed by atoms with Crippen molar-refractivity contribution in [2.75, 3.05) is 26.7 Å². The van der Waals surface area contributed by atoms with E-state index in [0.717, 1.165) is 31.3 Å². The number of amides is 2. The average Bonchev–Trinajstić information content (AvgIpc) is 3.13. The normalized spacial score (nSPS) is 14.0. The van der Waals surface area contributed by atoms with Crippen LogP contribution in [0.4, 0.5) is 0 Å². The molecule has 1 aromatic heterocycles. The first-order valence-electron chi connectivity index (χ1n) is 7.68. The Balaban J connectivity index is 1.74. The van der Waals surface area contributed by atoms with Crippen LogP contribution in [0, 0.1) is 0 Å². The van der Waals surface area contributed by atoms with Crippen molar-refractivity contribution >= 4 is 22.7 Å². The summed E-state index contributed by atoms with van der Waals surface area (Å²) in [7, 11) is 1.59. The second kappa shape index (κ2) is 6.64. The summed E-state index contributed by atoms with van der Waals surface area (Å²) in [5, 5.41) is 3.44. The molecule has 0 atom stereocenters. The highest BCUT2D eigenvalue weighted by atomic mass is 16.5. The molecule has 1 N–H and O–H groups in total. The molecule has 1 aliphatic rings. The zero-order valence-corrected chi connectivity index (χ0v) is 13.0. The highest BCUT2D eigenvalue weighted by Gasteiger charge is 2.19. The molecule has 6 nitrogen and oxygen atoms in total. The van der Waals surface area contributed by atoms with Crippen molar-refractivity contribution in [1.82, 2.24) is 15.2 Å². The molecular formula is C17H19N3O3. The molecule has 1 aliphatic heterocycles. The highest BCUT2D eigenvalue weighted by Crippen LogP contribution is 2.21. The monoisotopic (exact) mass is 313 g/mol. The number of likely N-dealkylation sites (tertiary alicyclic amines) is 1. The van der Waals surface area contributed by atoms with Gasteiger partial charge in [0.2, 0.25) is 5.91 Å². The molecule has 1 saturated heterocycles. The molecule has 0 spiro atoms. The van der Waals surface area contributed by atoms with Gasteiger partial charge in [-0.1, -0.05) is 0 Å². The summed E-state index contributed by atoms with van der Waals surface area (Å²) in [6.45, 7) is 1.60. The molecule has 6 heteroatoms. The number of carbonyl (C=O) groups excluding carboxylic acids is 2. The number of rotatable bonds is 4. The third-order valence-electron chi connectivity index (χ3n) is 4.05. The molecule has 0 aliphatic carbocycles. The number of ether oxygens (including phenoxy) is 1. The largest absolute Gasteiger partial charge is 0.497 e. The van der Waals surface area contributed by atoms with Crippen molar-refractivity contribution in [3.8, 4) is 5.75 Å².